The number of carbonyl (C=O) groups is 2. The van der Waals surface area contributed by atoms with Gasteiger partial charge in [0.15, 0.2) is 0 Å². The first-order valence-electron chi connectivity index (χ1n) is 10.6. The maximum Gasteiger partial charge on any atom is 0.416 e. The molecule has 0 aliphatic rings. The van der Waals surface area contributed by atoms with Crippen LogP contribution in [0.2, 0.25) is 0 Å². The first kappa shape index (κ1) is 26.2. The first-order valence-corrected chi connectivity index (χ1v) is 10.6. The third kappa shape index (κ3) is 7.76. The lowest BCUT2D eigenvalue weighted by atomic mass is 9.99. The molecule has 0 unspecified atom stereocenters. The molecule has 33 heavy (non-hydrogen) atoms. The highest BCUT2D eigenvalue weighted by Gasteiger charge is 2.32. The Morgan fingerprint density at radius 2 is 1.76 bits per heavy atom. The van der Waals surface area contributed by atoms with E-state index in [0.717, 1.165) is 12.1 Å². The van der Waals surface area contributed by atoms with Crippen LogP contribution in [0.5, 0.6) is 0 Å². The fraction of sp³-hybridized carbons (Fsp3) is 0.458. The average Bonchev–Trinajstić information content (AvgIpc) is 2.70. The van der Waals surface area contributed by atoms with Crippen LogP contribution in [0.4, 0.5) is 18.0 Å². The van der Waals surface area contributed by atoms with E-state index in [9.17, 15) is 22.8 Å². The Labute approximate surface area is 191 Å². The molecule has 0 aliphatic heterocycles. The maximum absolute atomic E-state index is 13.4. The molecule has 9 heteroatoms. The van der Waals surface area contributed by atoms with Gasteiger partial charge in [-0.05, 0) is 64.4 Å². The molecule has 0 atom stereocenters. The van der Waals surface area contributed by atoms with Crippen LogP contribution in [0.25, 0.3) is 11.3 Å². The predicted octanol–water partition coefficient (Wildman–Crippen LogP) is 5.63. The van der Waals surface area contributed by atoms with Crippen molar-refractivity contribution in [1.29, 1.82) is 0 Å². The number of benzene rings is 1. The summed E-state index contributed by atoms with van der Waals surface area (Å²) in [5.74, 6) is -0.447. The molecule has 0 bridgehead atoms. The smallest absolute Gasteiger partial charge is 0.416 e. The maximum atomic E-state index is 13.4. The van der Waals surface area contributed by atoms with Crippen molar-refractivity contribution in [1.82, 2.24) is 9.88 Å². The number of amides is 1. The number of pyridine rings is 1. The largest absolute Gasteiger partial charge is 0.466 e. The SMILES string of the molecule is CCOC(=O)Cc1cccc(-c2ccc(C(F)(F)F)cc2CN(CC)C(=O)OC(C)(C)C)n1. The van der Waals surface area contributed by atoms with Crippen LogP contribution in [-0.4, -0.2) is 40.7 Å². The fourth-order valence-corrected chi connectivity index (χ4v) is 3.08. The average molecular weight is 467 g/mol. The number of hydrogen-bond donors (Lipinski definition) is 0. The molecule has 1 aromatic heterocycles. The van der Waals surface area contributed by atoms with Crippen molar-refractivity contribution in [2.45, 2.75) is 59.4 Å². The van der Waals surface area contributed by atoms with E-state index in [-0.39, 0.29) is 31.7 Å². The first-order chi connectivity index (χ1) is 15.3. The summed E-state index contributed by atoms with van der Waals surface area (Å²) in [7, 11) is 0. The van der Waals surface area contributed by atoms with Gasteiger partial charge in [-0.3, -0.25) is 9.78 Å². The van der Waals surface area contributed by atoms with Crippen LogP contribution in [-0.2, 0) is 33.4 Å². The third-order valence-corrected chi connectivity index (χ3v) is 4.54. The summed E-state index contributed by atoms with van der Waals surface area (Å²) in [6.07, 6.45) is -5.23. The van der Waals surface area contributed by atoms with Gasteiger partial charge in [-0.1, -0.05) is 12.1 Å². The monoisotopic (exact) mass is 466 g/mol. The van der Waals surface area contributed by atoms with Crippen molar-refractivity contribution >= 4 is 12.1 Å². The summed E-state index contributed by atoms with van der Waals surface area (Å²) in [6, 6.07) is 8.28. The topological polar surface area (TPSA) is 68.7 Å². The number of ether oxygens (including phenoxy) is 2. The molecule has 0 N–H and O–H groups in total. The molecule has 1 amide bonds. The number of halogens is 3. The van der Waals surface area contributed by atoms with Gasteiger partial charge in [0, 0.05) is 18.7 Å². The van der Waals surface area contributed by atoms with Crippen LogP contribution in [0.15, 0.2) is 36.4 Å². The molecular formula is C24H29F3N2O4. The van der Waals surface area contributed by atoms with Gasteiger partial charge in [-0.2, -0.15) is 13.2 Å². The minimum absolute atomic E-state index is 0.0589. The molecule has 0 radical (unpaired) electrons. The van der Waals surface area contributed by atoms with Gasteiger partial charge in [0.05, 0.1) is 30.0 Å². The van der Waals surface area contributed by atoms with E-state index in [0.29, 0.717) is 17.0 Å². The van der Waals surface area contributed by atoms with Crippen molar-refractivity contribution in [3.8, 4) is 11.3 Å². The van der Waals surface area contributed by atoms with E-state index in [4.69, 9.17) is 9.47 Å². The number of hydrogen-bond acceptors (Lipinski definition) is 5. The molecule has 2 rings (SSSR count). The quantitative estimate of drug-likeness (QED) is 0.495. The number of esters is 1. The Balaban J connectivity index is 2.47. The Morgan fingerprint density at radius 1 is 1.06 bits per heavy atom. The van der Waals surface area contributed by atoms with Gasteiger partial charge in [-0.25, -0.2) is 4.79 Å². The molecule has 1 aromatic carbocycles. The predicted molar refractivity (Wildman–Crippen MR) is 117 cm³/mol. The van der Waals surface area contributed by atoms with Gasteiger partial charge in [0.1, 0.15) is 5.60 Å². The van der Waals surface area contributed by atoms with E-state index in [2.05, 4.69) is 4.98 Å². The number of aromatic nitrogens is 1. The van der Waals surface area contributed by atoms with Gasteiger partial charge in [-0.15, -0.1) is 0 Å². The lowest BCUT2D eigenvalue weighted by Gasteiger charge is -2.27. The van der Waals surface area contributed by atoms with Gasteiger partial charge in [0.25, 0.3) is 0 Å². The van der Waals surface area contributed by atoms with Crippen molar-refractivity contribution in [3.05, 3.63) is 53.2 Å². The summed E-state index contributed by atoms with van der Waals surface area (Å²) >= 11 is 0. The van der Waals surface area contributed by atoms with Crippen LogP contribution >= 0.6 is 0 Å². The molecule has 0 fully saturated rings. The zero-order valence-electron chi connectivity index (χ0n) is 19.5. The highest BCUT2D eigenvalue weighted by molar-refractivity contribution is 5.73. The Hall–Kier alpha value is -3.10. The minimum Gasteiger partial charge on any atom is -0.466 e. The summed E-state index contributed by atoms with van der Waals surface area (Å²) < 4.78 is 50.6. The molecule has 0 spiro atoms. The fourth-order valence-electron chi connectivity index (χ4n) is 3.08. The third-order valence-electron chi connectivity index (χ3n) is 4.54. The van der Waals surface area contributed by atoms with Crippen molar-refractivity contribution < 1.29 is 32.2 Å². The Kier molecular flexibility index (Phi) is 8.46. The number of nitrogens with zero attached hydrogens (tertiary/aromatic N) is 2. The second kappa shape index (κ2) is 10.7. The number of alkyl halides is 3. The molecule has 6 nitrogen and oxygen atoms in total. The van der Waals surface area contributed by atoms with Gasteiger partial charge in [0.2, 0.25) is 0 Å². The lowest BCUT2D eigenvalue weighted by Crippen LogP contribution is -2.36. The normalized spacial score (nSPS) is 11.8. The van der Waals surface area contributed by atoms with Crippen LogP contribution < -0.4 is 0 Å². The van der Waals surface area contributed by atoms with E-state index < -0.39 is 29.4 Å². The van der Waals surface area contributed by atoms with E-state index in [1.807, 2.05) is 0 Å². The van der Waals surface area contributed by atoms with Crippen molar-refractivity contribution in [2.24, 2.45) is 0 Å². The molecule has 180 valence electrons. The molecule has 0 saturated carbocycles. The van der Waals surface area contributed by atoms with Crippen molar-refractivity contribution in [3.63, 3.8) is 0 Å². The molecule has 2 aromatic rings. The lowest BCUT2D eigenvalue weighted by molar-refractivity contribution is -0.142. The van der Waals surface area contributed by atoms with Crippen molar-refractivity contribution in [2.75, 3.05) is 13.2 Å². The van der Waals surface area contributed by atoms with E-state index in [1.54, 1.807) is 52.8 Å². The van der Waals surface area contributed by atoms with Crippen LogP contribution in [0.1, 0.15) is 51.4 Å². The zero-order chi connectivity index (χ0) is 24.8. The second-order valence-corrected chi connectivity index (χ2v) is 8.36. The highest BCUT2D eigenvalue weighted by atomic mass is 19.4. The van der Waals surface area contributed by atoms with Crippen LogP contribution in [0.3, 0.4) is 0 Å². The summed E-state index contributed by atoms with van der Waals surface area (Å²) in [5.41, 5.74) is -0.0697. The zero-order valence-corrected chi connectivity index (χ0v) is 19.5. The minimum atomic E-state index is -4.55. The Morgan fingerprint density at radius 3 is 2.33 bits per heavy atom. The van der Waals surface area contributed by atoms with Gasteiger partial charge >= 0.3 is 18.2 Å². The highest BCUT2D eigenvalue weighted by Crippen LogP contribution is 2.34. The molecule has 0 aliphatic carbocycles. The summed E-state index contributed by atoms with van der Waals surface area (Å²) in [5, 5.41) is 0. The molecule has 1 heterocycles. The van der Waals surface area contributed by atoms with E-state index >= 15 is 0 Å². The summed E-state index contributed by atoms with van der Waals surface area (Å²) in [4.78, 5) is 30.2. The molecule has 0 saturated heterocycles. The summed E-state index contributed by atoms with van der Waals surface area (Å²) in [6.45, 7) is 8.93. The van der Waals surface area contributed by atoms with E-state index in [1.165, 1.54) is 11.0 Å². The second-order valence-electron chi connectivity index (χ2n) is 8.36. The number of carbonyl (C=O) groups excluding carboxylic acids is 2. The Bertz CT molecular complexity index is 984. The molecular weight excluding hydrogens is 437 g/mol. The van der Waals surface area contributed by atoms with Crippen LogP contribution in [0, 0.1) is 0 Å². The van der Waals surface area contributed by atoms with Gasteiger partial charge < -0.3 is 14.4 Å². The standard InChI is InChI=1S/C24H29F3N2O4/c1-6-29(22(31)33-23(3,4)5)15-16-13-17(24(25,26)27)11-12-19(16)20-10-8-9-18(28-20)14-21(30)32-7-2/h8-13H,6-7,14-15H2,1-5H3. The number of rotatable bonds is 7.